The standard InChI is InChI=1S/5CH4.2H3N.Pd/h5*1H4;2*1H3;. The smallest absolute Gasteiger partial charge is 0 e. The van der Waals surface area contributed by atoms with E-state index in [-0.39, 0.29) is 69.9 Å². The van der Waals surface area contributed by atoms with Crippen molar-refractivity contribution in [3.63, 3.8) is 0 Å². The second kappa shape index (κ2) is 969. The van der Waals surface area contributed by atoms with E-state index in [1.165, 1.54) is 0 Å². The Morgan fingerprint density at radius 3 is 0.375 bits per heavy atom. The molecule has 0 saturated heterocycles. The zero-order chi connectivity index (χ0) is 0. The summed E-state index contributed by atoms with van der Waals surface area (Å²) in [4.78, 5) is 0. The van der Waals surface area contributed by atoms with Crippen LogP contribution in [0.1, 0.15) is 37.1 Å². The summed E-state index contributed by atoms with van der Waals surface area (Å²) in [5.41, 5.74) is 0. The maximum atomic E-state index is 0. The summed E-state index contributed by atoms with van der Waals surface area (Å²) in [7, 11) is 0. The van der Waals surface area contributed by atoms with Gasteiger partial charge in [-0.1, -0.05) is 37.1 Å². The molecule has 0 unspecified atom stereocenters. The summed E-state index contributed by atoms with van der Waals surface area (Å²) < 4.78 is 0. The fourth-order valence-corrected chi connectivity index (χ4v) is 0. The third-order valence-electron chi connectivity index (χ3n) is 0. The number of hydrogen-bond donors (Lipinski definition) is 2. The zero-order valence-electron chi connectivity index (χ0n) is 1.73. The van der Waals surface area contributed by atoms with Crippen molar-refractivity contribution in [1.29, 1.82) is 0 Å². The first-order valence-electron chi connectivity index (χ1n) is 0. The Kier molecular flexibility index (Phi) is 176000. The maximum Gasteiger partial charge on any atom is 0 e. The van der Waals surface area contributed by atoms with Gasteiger partial charge < -0.3 is 12.3 Å². The van der Waals surface area contributed by atoms with E-state index in [1.807, 2.05) is 0 Å². The summed E-state index contributed by atoms with van der Waals surface area (Å²) >= 11 is 0. The zero-order valence-corrected chi connectivity index (χ0v) is 3.29. The summed E-state index contributed by atoms with van der Waals surface area (Å²) in [6, 6.07) is 0. The fourth-order valence-electron chi connectivity index (χ4n) is 0. The minimum atomic E-state index is 0. The van der Waals surface area contributed by atoms with Crippen LogP contribution in [0.3, 0.4) is 0 Å². The second-order valence-electron chi connectivity index (χ2n) is 0. The second-order valence-corrected chi connectivity index (χ2v) is 0. The molecule has 0 spiro atoms. The maximum absolute atomic E-state index is 0. The molecule has 0 aromatic rings. The Balaban J connectivity index is 0. The van der Waals surface area contributed by atoms with Gasteiger partial charge in [-0.2, -0.15) is 0 Å². The van der Waals surface area contributed by atoms with Crippen LogP contribution in [-0.4, -0.2) is 0 Å². The van der Waals surface area contributed by atoms with Crippen LogP contribution in [0.25, 0.3) is 0 Å². The summed E-state index contributed by atoms with van der Waals surface area (Å²) in [5, 5.41) is 0. The van der Waals surface area contributed by atoms with Crippen molar-refractivity contribution in [2.75, 3.05) is 0 Å². The van der Waals surface area contributed by atoms with Crippen LogP contribution < -0.4 is 12.3 Å². The number of hydrogen-bond acceptors (Lipinski definition) is 2. The predicted molar refractivity (Wildman–Crippen MR) is 43.7 cm³/mol. The van der Waals surface area contributed by atoms with E-state index in [9.17, 15) is 0 Å². The van der Waals surface area contributed by atoms with E-state index in [4.69, 9.17) is 0 Å². The Morgan fingerprint density at radius 1 is 0.375 bits per heavy atom. The van der Waals surface area contributed by atoms with Crippen molar-refractivity contribution < 1.29 is 20.4 Å². The molecule has 0 saturated carbocycles. The molecule has 0 aromatic heterocycles. The minimum absolute atomic E-state index is 0. The first-order valence-corrected chi connectivity index (χ1v) is 0. The van der Waals surface area contributed by atoms with Crippen LogP contribution >= 0.6 is 0 Å². The van der Waals surface area contributed by atoms with Crippen molar-refractivity contribution in [2.45, 2.75) is 37.1 Å². The Morgan fingerprint density at radius 2 is 0.375 bits per heavy atom. The van der Waals surface area contributed by atoms with Crippen molar-refractivity contribution in [1.82, 2.24) is 12.3 Å². The summed E-state index contributed by atoms with van der Waals surface area (Å²) in [5.74, 6) is 0. The van der Waals surface area contributed by atoms with Gasteiger partial charge in [0.1, 0.15) is 0 Å². The molecule has 0 fully saturated rings. The van der Waals surface area contributed by atoms with Gasteiger partial charge >= 0.3 is 0 Å². The summed E-state index contributed by atoms with van der Waals surface area (Å²) in [6.45, 7) is 0. The van der Waals surface area contributed by atoms with Crippen LogP contribution in [0.15, 0.2) is 0 Å². The minimum Gasteiger partial charge on any atom is -0.344 e. The third kappa shape index (κ3) is 605. The van der Waals surface area contributed by atoms with Crippen molar-refractivity contribution in [3.8, 4) is 0 Å². The molecular weight excluding hydrogens is 194 g/mol. The van der Waals surface area contributed by atoms with E-state index < -0.39 is 0 Å². The molecule has 0 radical (unpaired) electrons. The van der Waals surface area contributed by atoms with E-state index in [2.05, 4.69) is 0 Å². The van der Waals surface area contributed by atoms with Gasteiger partial charge in [0.25, 0.3) is 0 Å². The van der Waals surface area contributed by atoms with Crippen LogP contribution in [0.4, 0.5) is 0 Å². The average Bonchev–Trinajstić information content (AvgIpc) is 0. The van der Waals surface area contributed by atoms with Crippen LogP contribution in [0.2, 0.25) is 0 Å². The van der Waals surface area contributed by atoms with Gasteiger partial charge in [-0.3, -0.25) is 0 Å². The van der Waals surface area contributed by atoms with Gasteiger partial charge in [0.05, 0.1) is 0 Å². The van der Waals surface area contributed by atoms with Gasteiger partial charge in [-0.05, 0) is 0 Å². The fraction of sp³-hybridized carbons (Fsp3) is 1.00. The quantitative estimate of drug-likeness (QED) is 0.614. The van der Waals surface area contributed by atoms with Crippen molar-refractivity contribution in [2.24, 2.45) is 0 Å². The first kappa shape index (κ1) is 1450. The van der Waals surface area contributed by atoms with Gasteiger partial charge in [-0.25, -0.2) is 0 Å². The van der Waals surface area contributed by atoms with E-state index in [0.717, 1.165) is 0 Å². The van der Waals surface area contributed by atoms with Gasteiger partial charge in [-0.15, -0.1) is 0 Å². The molecule has 0 aliphatic heterocycles. The largest absolute Gasteiger partial charge is 0.344 e. The van der Waals surface area contributed by atoms with Crippen molar-refractivity contribution in [3.05, 3.63) is 0 Å². The third-order valence-corrected chi connectivity index (χ3v) is 0. The Hall–Kier alpha value is 0.582. The summed E-state index contributed by atoms with van der Waals surface area (Å²) in [6.07, 6.45) is 0. The molecule has 0 aliphatic rings. The number of rotatable bonds is 0. The van der Waals surface area contributed by atoms with E-state index in [1.54, 1.807) is 0 Å². The molecule has 6 N–H and O–H groups in total. The van der Waals surface area contributed by atoms with Crippen LogP contribution in [0, 0.1) is 0 Å². The average molecular weight is 221 g/mol. The normalized spacial score (nSPS) is 0. The molecule has 0 heterocycles. The SMILES string of the molecule is C.C.C.C.C.N.N.[Pd]. The Bertz CT molecular complexity index is 10.4. The van der Waals surface area contributed by atoms with Gasteiger partial charge in [0.15, 0.2) is 0 Å². The van der Waals surface area contributed by atoms with Crippen LogP contribution in [0.5, 0.6) is 0 Å². The first-order chi connectivity index (χ1) is 0. The Labute approximate surface area is 70.3 Å². The van der Waals surface area contributed by atoms with Crippen molar-refractivity contribution >= 4 is 0 Å². The van der Waals surface area contributed by atoms with Gasteiger partial charge in [0, 0.05) is 20.4 Å². The molecular formula is C5H26N2Pd. The predicted octanol–water partition coefficient (Wildman–Crippen LogP) is 3.50. The topological polar surface area (TPSA) is 70.0 Å². The molecule has 0 aliphatic carbocycles. The molecule has 2 nitrogen and oxygen atoms in total. The molecule has 0 bridgehead atoms. The van der Waals surface area contributed by atoms with Crippen LogP contribution in [-0.2, 0) is 20.4 Å². The molecule has 8 heavy (non-hydrogen) atoms. The molecule has 66 valence electrons. The molecule has 0 amide bonds. The van der Waals surface area contributed by atoms with Gasteiger partial charge in [0.2, 0.25) is 0 Å². The molecule has 0 rings (SSSR count). The molecule has 3 heteroatoms. The molecule has 0 atom stereocenters. The monoisotopic (exact) mass is 220 g/mol. The van der Waals surface area contributed by atoms with E-state index >= 15 is 0 Å². The molecule has 0 aromatic carbocycles. The van der Waals surface area contributed by atoms with E-state index in [0.29, 0.717) is 0 Å².